The van der Waals surface area contributed by atoms with Gasteiger partial charge in [-0.15, -0.1) is 0 Å². The van der Waals surface area contributed by atoms with E-state index in [2.05, 4.69) is 19.2 Å². The van der Waals surface area contributed by atoms with Gasteiger partial charge < -0.3 is 14.6 Å². The van der Waals surface area contributed by atoms with Crippen molar-refractivity contribution in [3.05, 3.63) is 54.0 Å². The van der Waals surface area contributed by atoms with Crippen molar-refractivity contribution in [2.75, 3.05) is 32.7 Å². The summed E-state index contributed by atoms with van der Waals surface area (Å²) in [6, 6.07) is 10.1. The Bertz CT molecular complexity index is 963. The van der Waals surface area contributed by atoms with E-state index in [0.717, 1.165) is 12.0 Å². The average molecular weight is 434 g/mol. The van der Waals surface area contributed by atoms with Crippen LogP contribution in [0.4, 0.5) is 0 Å². The molecule has 1 atom stereocenters. The smallest absolute Gasteiger partial charge is 0.287 e. The van der Waals surface area contributed by atoms with Gasteiger partial charge in [0.1, 0.15) is 0 Å². The molecule has 1 unspecified atom stereocenters. The number of piperazine rings is 1. The lowest BCUT2D eigenvalue weighted by atomic mass is 9.99. The first kappa shape index (κ1) is 22.0. The zero-order chi connectivity index (χ0) is 21.7. The molecule has 1 saturated heterocycles. The van der Waals surface area contributed by atoms with Crippen LogP contribution in [0.25, 0.3) is 0 Å². The number of furan rings is 1. The van der Waals surface area contributed by atoms with Gasteiger partial charge in [0.05, 0.1) is 17.7 Å². The van der Waals surface area contributed by atoms with Crippen LogP contribution in [-0.2, 0) is 14.8 Å². The standard InChI is InChI=1S/C21H27N3O5S/c1-3-16(2)17-6-8-18(9-7-17)30(27,28)24-12-10-23(11-13-24)20(25)15-22-21(26)19-5-4-14-29-19/h4-9,14,16H,3,10-13,15H2,1-2H3,(H,22,26). The van der Waals surface area contributed by atoms with Crippen molar-refractivity contribution in [2.24, 2.45) is 0 Å². The van der Waals surface area contributed by atoms with Crippen LogP contribution in [-0.4, -0.2) is 62.2 Å². The molecule has 162 valence electrons. The molecule has 2 aromatic rings. The highest BCUT2D eigenvalue weighted by Gasteiger charge is 2.30. The van der Waals surface area contributed by atoms with E-state index in [1.807, 2.05) is 12.1 Å². The number of nitrogens with zero attached hydrogens (tertiary/aromatic N) is 2. The van der Waals surface area contributed by atoms with Crippen molar-refractivity contribution >= 4 is 21.8 Å². The molecule has 2 amide bonds. The van der Waals surface area contributed by atoms with Crippen molar-refractivity contribution in [3.8, 4) is 0 Å². The molecule has 1 aromatic carbocycles. The molecular formula is C21H27N3O5S. The number of nitrogens with one attached hydrogen (secondary N) is 1. The number of sulfonamides is 1. The number of carbonyl (C=O) groups excluding carboxylic acids is 2. The Balaban J connectivity index is 1.53. The Morgan fingerprint density at radius 1 is 1.10 bits per heavy atom. The van der Waals surface area contributed by atoms with Crippen molar-refractivity contribution in [2.45, 2.75) is 31.1 Å². The van der Waals surface area contributed by atoms with E-state index in [1.54, 1.807) is 23.1 Å². The molecule has 1 aliphatic heterocycles. The largest absolute Gasteiger partial charge is 0.459 e. The van der Waals surface area contributed by atoms with Crippen LogP contribution in [0.3, 0.4) is 0 Å². The molecule has 1 N–H and O–H groups in total. The van der Waals surface area contributed by atoms with Gasteiger partial charge in [0.2, 0.25) is 15.9 Å². The fourth-order valence-electron chi connectivity index (χ4n) is 3.29. The number of benzene rings is 1. The zero-order valence-corrected chi connectivity index (χ0v) is 18.0. The summed E-state index contributed by atoms with van der Waals surface area (Å²) in [5.41, 5.74) is 1.11. The molecule has 3 rings (SSSR count). The summed E-state index contributed by atoms with van der Waals surface area (Å²) in [6.45, 7) is 5.03. The second-order valence-electron chi connectivity index (χ2n) is 7.32. The van der Waals surface area contributed by atoms with Crippen LogP contribution in [0.1, 0.15) is 42.3 Å². The Morgan fingerprint density at radius 2 is 1.77 bits per heavy atom. The second kappa shape index (κ2) is 9.44. The Hall–Kier alpha value is -2.65. The van der Waals surface area contributed by atoms with Gasteiger partial charge >= 0.3 is 0 Å². The van der Waals surface area contributed by atoms with Gasteiger partial charge in [-0.3, -0.25) is 9.59 Å². The molecule has 8 nitrogen and oxygen atoms in total. The summed E-state index contributed by atoms with van der Waals surface area (Å²) < 4.78 is 32.2. The molecule has 2 heterocycles. The quantitative estimate of drug-likeness (QED) is 0.720. The summed E-state index contributed by atoms with van der Waals surface area (Å²) in [6.07, 6.45) is 2.37. The maximum Gasteiger partial charge on any atom is 0.287 e. The molecule has 1 aromatic heterocycles. The lowest BCUT2D eigenvalue weighted by Gasteiger charge is -2.34. The predicted molar refractivity (Wildman–Crippen MR) is 112 cm³/mol. The minimum atomic E-state index is -3.60. The predicted octanol–water partition coefficient (Wildman–Crippen LogP) is 2.06. The van der Waals surface area contributed by atoms with Crippen molar-refractivity contribution in [3.63, 3.8) is 0 Å². The summed E-state index contributed by atoms with van der Waals surface area (Å²) in [4.78, 5) is 26.0. The molecule has 0 aliphatic carbocycles. The highest BCUT2D eigenvalue weighted by Crippen LogP contribution is 2.23. The Morgan fingerprint density at radius 3 is 2.33 bits per heavy atom. The van der Waals surface area contributed by atoms with Crippen LogP contribution in [0.15, 0.2) is 52.0 Å². The van der Waals surface area contributed by atoms with Gasteiger partial charge in [-0.2, -0.15) is 4.31 Å². The molecule has 0 bridgehead atoms. The van der Waals surface area contributed by atoms with Gasteiger partial charge in [0, 0.05) is 26.2 Å². The zero-order valence-electron chi connectivity index (χ0n) is 17.2. The monoisotopic (exact) mass is 433 g/mol. The highest BCUT2D eigenvalue weighted by atomic mass is 32.2. The van der Waals surface area contributed by atoms with Crippen LogP contribution in [0, 0.1) is 0 Å². The van der Waals surface area contributed by atoms with E-state index < -0.39 is 15.9 Å². The minimum absolute atomic E-state index is 0.137. The van der Waals surface area contributed by atoms with Crippen molar-refractivity contribution in [1.29, 1.82) is 0 Å². The SMILES string of the molecule is CCC(C)c1ccc(S(=O)(=O)N2CCN(C(=O)CNC(=O)c3ccco3)CC2)cc1. The molecule has 1 fully saturated rings. The third kappa shape index (κ3) is 4.91. The van der Waals surface area contributed by atoms with Crippen molar-refractivity contribution in [1.82, 2.24) is 14.5 Å². The maximum absolute atomic E-state index is 12.9. The number of amides is 2. The first-order chi connectivity index (χ1) is 14.3. The van der Waals surface area contributed by atoms with Crippen LogP contribution >= 0.6 is 0 Å². The Labute approximate surface area is 176 Å². The van der Waals surface area contributed by atoms with Crippen LogP contribution in [0.2, 0.25) is 0 Å². The number of hydrogen-bond donors (Lipinski definition) is 1. The first-order valence-electron chi connectivity index (χ1n) is 10.0. The minimum Gasteiger partial charge on any atom is -0.459 e. The van der Waals surface area contributed by atoms with Gasteiger partial charge in [0.25, 0.3) is 5.91 Å². The highest BCUT2D eigenvalue weighted by molar-refractivity contribution is 7.89. The van der Waals surface area contributed by atoms with E-state index in [9.17, 15) is 18.0 Å². The topological polar surface area (TPSA) is 99.9 Å². The summed E-state index contributed by atoms with van der Waals surface area (Å²) in [5.74, 6) is -0.206. The van der Waals surface area contributed by atoms with Crippen molar-refractivity contribution < 1.29 is 22.4 Å². The van der Waals surface area contributed by atoms with E-state index in [1.165, 1.54) is 16.6 Å². The lowest BCUT2D eigenvalue weighted by molar-refractivity contribution is -0.131. The second-order valence-corrected chi connectivity index (χ2v) is 9.26. The molecule has 0 radical (unpaired) electrons. The van der Waals surface area contributed by atoms with E-state index in [0.29, 0.717) is 5.92 Å². The third-order valence-electron chi connectivity index (χ3n) is 5.44. The lowest BCUT2D eigenvalue weighted by Crippen LogP contribution is -2.52. The molecule has 0 saturated carbocycles. The van der Waals surface area contributed by atoms with Gasteiger partial charge in [-0.05, 0) is 42.2 Å². The Kier molecular flexibility index (Phi) is 6.94. The van der Waals surface area contributed by atoms with Crippen LogP contribution < -0.4 is 5.32 Å². The van der Waals surface area contributed by atoms with Crippen LogP contribution in [0.5, 0.6) is 0 Å². The molecule has 0 spiro atoms. The molecular weight excluding hydrogens is 406 g/mol. The van der Waals surface area contributed by atoms with Gasteiger partial charge in [0.15, 0.2) is 5.76 Å². The number of carbonyl (C=O) groups is 2. The summed E-state index contributed by atoms with van der Waals surface area (Å²) >= 11 is 0. The average Bonchev–Trinajstić information content (AvgIpc) is 3.32. The summed E-state index contributed by atoms with van der Waals surface area (Å²) in [7, 11) is -3.60. The molecule has 30 heavy (non-hydrogen) atoms. The number of hydrogen-bond acceptors (Lipinski definition) is 5. The maximum atomic E-state index is 12.9. The van der Waals surface area contributed by atoms with Gasteiger partial charge in [-0.25, -0.2) is 8.42 Å². The number of rotatable bonds is 7. The first-order valence-corrected chi connectivity index (χ1v) is 11.5. The van der Waals surface area contributed by atoms with E-state index in [4.69, 9.17) is 4.42 Å². The van der Waals surface area contributed by atoms with E-state index in [-0.39, 0.29) is 49.3 Å². The fraction of sp³-hybridized carbons (Fsp3) is 0.429. The molecule has 1 aliphatic rings. The normalized spacial score (nSPS) is 16.3. The van der Waals surface area contributed by atoms with E-state index >= 15 is 0 Å². The summed E-state index contributed by atoms with van der Waals surface area (Å²) in [5, 5.41) is 2.51. The van der Waals surface area contributed by atoms with Gasteiger partial charge in [-0.1, -0.05) is 26.0 Å². The molecule has 9 heteroatoms. The third-order valence-corrected chi connectivity index (χ3v) is 7.35. The fourth-order valence-corrected chi connectivity index (χ4v) is 4.72.